The molecule has 1 aromatic carbocycles. The van der Waals surface area contributed by atoms with E-state index < -0.39 is 0 Å². The summed E-state index contributed by atoms with van der Waals surface area (Å²) >= 11 is 5.92. The predicted molar refractivity (Wildman–Crippen MR) is 72.0 cm³/mol. The van der Waals surface area contributed by atoms with Crippen LogP contribution in [0.5, 0.6) is 0 Å². The van der Waals surface area contributed by atoms with Gasteiger partial charge in [0.15, 0.2) is 0 Å². The van der Waals surface area contributed by atoms with Gasteiger partial charge in [0.25, 0.3) is 0 Å². The minimum Gasteiger partial charge on any atom is -0.327 e. The molecule has 0 heterocycles. The lowest BCUT2D eigenvalue weighted by Crippen LogP contribution is -2.35. The van der Waals surface area contributed by atoms with Crippen molar-refractivity contribution in [1.82, 2.24) is 0 Å². The summed E-state index contributed by atoms with van der Waals surface area (Å²) in [6.07, 6.45) is 5.89. The Kier molecular flexibility index (Phi) is 3.33. The minimum absolute atomic E-state index is 0.0771. The quantitative estimate of drug-likeness (QED) is 0.886. The molecule has 4 atom stereocenters. The van der Waals surface area contributed by atoms with Crippen LogP contribution in [0.15, 0.2) is 18.2 Å². The molecule has 1 nitrogen and oxygen atoms in total. The van der Waals surface area contributed by atoms with Crippen molar-refractivity contribution in [1.29, 1.82) is 0 Å². The maximum absolute atomic E-state index is 13.7. The van der Waals surface area contributed by atoms with E-state index in [1.807, 2.05) is 0 Å². The van der Waals surface area contributed by atoms with Crippen molar-refractivity contribution >= 4 is 11.6 Å². The Balaban J connectivity index is 1.70. The van der Waals surface area contributed by atoms with Crippen LogP contribution in [-0.4, -0.2) is 6.04 Å². The Morgan fingerprint density at radius 2 is 2.17 bits per heavy atom. The summed E-state index contributed by atoms with van der Waals surface area (Å²) in [5.74, 6) is 2.07. The SMILES string of the molecule is NC(Cc1cc(Cl)ccc1F)C1CC2CCC1C2. The van der Waals surface area contributed by atoms with Crippen molar-refractivity contribution in [2.45, 2.75) is 38.1 Å². The Labute approximate surface area is 113 Å². The van der Waals surface area contributed by atoms with Crippen LogP contribution in [0.2, 0.25) is 5.02 Å². The first-order valence-electron chi connectivity index (χ1n) is 6.83. The molecule has 0 saturated heterocycles. The number of benzene rings is 1. The fourth-order valence-corrected chi connectivity index (χ4v) is 4.12. The zero-order chi connectivity index (χ0) is 12.7. The smallest absolute Gasteiger partial charge is 0.126 e. The molecule has 18 heavy (non-hydrogen) atoms. The van der Waals surface area contributed by atoms with Gasteiger partial charge < -0.3 is 5.73 Å². The zero-order valence-corrected chi connectivity index (χ0v) is 11.2. The third-order valence-electron chi connectivity index (χ3n) is 4.81. The molecular weight excluding hydrogens is 249 g/mol. The van der Waals surface area contributed by atoms with Gasteiger partial charge in [0.2, 0.25) is 0 Å². The molecule has 0 aliphatic heterocycles. The van der Waals surface area contributed by atoms with Gasteiger partial charge in [0.1, 0.15) is 5.82 Å². The lowest BCUT2D eigenvalue weighted by Gasteiger charge is -2.27. The second-order valence-electron chi connectivity index (χ2n) is 5.94. The Bertz CT molecular complexity index is 448. The van der Waals surface area contributed by atoms with Crippen molar-refractivity contribution in [3.05, 3.63) is 34.6 Å². The van der Waals surface area contributed by atoms with Crippen LogP contribution in [0.1, 0.15) is 31.2 Å². The highest BCUT2D eigenvalue weighted by Gasteiger charge is 2.42. The molecule has 1 aromatic rings. The number of halogens is 2. The van der Waals surface area contributed by atoms with E-state index in [-0.39, 0.29) is 11.9 Å². The van der Waals surface area contributed by atoms with Gasteiger partial charge in [-0.05, 0) is 67.2 Å². The number of fused-ring (bicyclic) bond motifs is 2. The van der Waals surface area contributed by atoms with Crippen molar-refractivity contribution < 1.29 is 4.39 Å². The second-order valence-corrected chi connectivity index (χ2v) is 6.38. The van der Waals surface area contributed by atoms with E-state index in [2.05, 4.69) is 0 Å². The van der Waals surface area contributed by atoms with Gasteiger partial charge in [-0.25, -0.2) is 4.39 Å². The molecule has 4 unspecified atom stereocenters. The van der Waals surface area contributed by atoms with Crippen LogP contribution in [0, 0.1) is 23.6 Å². The largest absolute Gasteiger partial charge is 0.327 e. The lowest BCUT2D eigenvalue weighted by atomic mass is 9.81. The summed E-state index contributed by atoms with van der Waals surface area (Å²) in [4.78, 5) is 0. The van der Waals surface area contributed by atoms with Crippen molar-refractivity contribution in [3.63, 3.8) is 0 Å². The third kappa shape index (κ3) is 2.28. The molecule has 98 valence electrons. The molecule has 0 amide bonds. The fourth-order valence-electron chi connectivity index (χ4n) is 3.92. The van der Waals surface area contributed by atoms with Gasteiger partial charge in [-0.15, -0.1) is 0 Å². The van der Waals surface area contributed by atoms with E-state index in [0.717, 1.165) is 11.8 Å². The van der Waals surface area contributed by atoms with E-state index >= 15 is 0 Å². The molecule has 2 N–H and O–H groups in total. The summed E-state index contributed by atoms with van der Waals surface area (Å²) < 4.78 is 13.7. The second kappa shape index (κ2) is 4.82. The molecule has 2 saturated carbocycles. The standard InChI is InChI=1S/C15H19ClFN/c16-12-3-4-14(17)11(7-12)8-15(18)13-6-9-1-2-10(13)5-9/h3-4,7,9-10,13,15H,1-2,5-6,8,18H2. The first-order valence-corrected chi connectivity index (χ1v) is 7.21. The fraction of sp³-hybridized carbons (Fsp3) is 0.600. The van der Waals surface area contributed by atoms with E-state index in [0.29, 0.717) is 22.9 Å². The highest BCUT2D eigenvalue weighted by molar-refractivity contribution is 6.30. The van der Waals surface area contributed by atoms with Crippen LogP contribution in [0.25, 0.3) is 0 Å². The lowest BCUT2D eigenvalue weighted by molar-refractivity contribution is 0.279. The molecule has 0 radical (unpaired) electrons. The van der Waals surface area contributed by atoms with Gasteiger partial charge >= 0.3 is 0 Å². The number of nitrogens with two attached hydrogens (primary N) is 1. The zero-order valence-electron chi connectivity index (χ0n) is 10.4. The Morgan fingerprint density at radius 3 is 2.83 bits per heavy atom. The summed E-state index contributed by atoms with van der Waals surface area (Å²) in [5.41, 5.74) is 6.97. The van der Waals surface area contributed by atoms with Crippen LogP contribution in [0.4, 0.5) is 4.39 Å². The molecule has 2 bridgehead atoms. The third-order valence-corrected chi connectivity index (χ3v) is 5.04. The van der Waals surface area contributed by atoms with Gasteiger partial charge in [-0.2, -0.15) is 0 Å². The van der Waals surface area contributed by atoms with Crippen LogP contribution in [-0.2, 0) is 6.42 Å². The summed E-state index contributed by atoms with van der Waals surface area (Å²) in [7, 11) is 0. The molecule has 3 heteroatoms. The number of rotatable bonds is 3. The average molecular weight is 268 g/mol. The van der Waals surface area contributed by atoms with Crippen LogP contribution in [0.3, 0.4) is 0 Å². The molecule has 0 aromatic heterocycles. The number of hydrogen-bond acceptors (Lipinski definition) is 1. The highest BCUT2D eigenvalue weighted by atomic mass is 35.5. The summed E-state index contributed by atoms with van der Waals surface area (Å²) in [6.45, 7) is 0. The number of hydrogen-bond donors (Lipinski definition) is 1. The highest BCUT2D eigenvalue weighted by Crippen LogP contribution is 2.49. The molecule has 2 aliphatic carbocycles. The maximum Gasteiger partial charge on any atom is 0.126 e. The summed E-state index contributed by atoms with van der Waals surface area (Å²) in [6, 6.07) is 4.81. The minimum atomic E-state index is -0.182. The van der Waals surface area contributed by atoms with Gasteiger partial charge in [-0.1, -0.05) is 18.0 Å². The molecule has 0 spiro atoms. The van der Waals surface area contributed by atoms with Crippen LogP contribution >= 0.6 is 11.6 Å². The molecule has 2 aliphatic rings. The predicted octanol–water partition coefficient (Wildman–Crippen LogP) is 3.79. The monoisotopic (exact) mass is 267 g/mol. The Hall–Kier alpha value is -0.600. The van der Waals surface area contributed by atoms with Crippen molar-refractivity contribution in [2.75, 3.05) is 0 Å². The first kappa shape index (κ1) is 12.4. The van der Waals surface area contributed by atoms with E-state index in [1.165, 1.54) is 31.7 Å². The summed E-state index contributed by atoms with van der Waals surface area (Å²) in [5, 5.41) is 0.589. The maximum atomic E-state index is 13.7. The van der Waals surface area contributed by atoms with Crippen molar-refractivity contribution in [2.24, 2.45) is 23.5 Å². The Morgan fingerprint density at radius 1 is 1.33 bits per heavy atom. The molecule has 3 rings (SSSR count). The van der Waals surface area contributed by atoms with Gasteiger partial charge in [0.05, 0.1) is 0 Å². The van der Waals surface area contributed by atoms with E-state index in [1.54, 1.807) is 12.1 Å². The van der Waals surface area contributed by atoms with Gasteiger partial charge in [0, 0.05) is 11.1 Å². The van der Waals surface area contributed by atoms with Crippen molar-refractivity contribution in [3.8, 4) is 0 Å². The first-order chi connectivity index (χ1) is 8.63. The average Bonchev–Trinajstić information content (AvgIpc) is 2.96. The molecular formula is C15H19ClFN. The van der Waals surface area contributed by atoms with Gasteiger partial charge in [-0.3, -0.25) is 0 Å². The van der Waals surface area contributed by atoms with Crippen LogP contribution < -0.4 is 5.73 Å². The van der Waals surface area contributed by atoms with E-state index in [9.17, 15) is 4.39 Å². The van der Waals surface area contributed by atoms with E-state index in [4.69, 9.17) is 17.3 Å². The molecule has 2 fully saturated rings. The normalized spacial score (nSPS) is 31.8. The topological polar surface area (TPSA) is 26.0 Å².